The number of benzene rings is 1. The number of likely N-dealkylation sites (N-methyl/N-ethyl adjacent to an activating group) is 1. The highest BCUT2D eigenvalue weighted by atomic mass is 79.9. The number of hydrogen-bond donors (Lipinski definition) is 1. The van der Waals surface area contributed by atoms with Crippen LogP contribution in [0.3, 0.4) is 0 Å². The average Bonchev–Trinajstić information content (AvgIpc) is 2.38. The van der Waals surface area contributed by atoms with E-state index >= 15 is 0 Å². The van der Waals surface area contributed by atoms with Crippen molar-refractivity contribution in [2.24, 2.45) is 0 Å². The van der Waals surface area contributed by atoms with Crippen LogP contribution in [0.4, 0.5) is 5.69 Å². The summed E-state index contributed by atoms with van der Waals surface area (Å²) in [6.45, 7) is 6.67. The van der Waals surface area contributed by atoms with Crippen molar-refractivity contribution in [2.75, 3.05) is 45.2 Å². The Labute approximate surface area is 125 Å². The second kappa shape index (κ2) is 6.73. The summed E-state index contributed by atoms with van der Waals surface area (Å²) in [5.41, 5.74) is 2.73. The first-order valence-electron chi connectivity index (χ1n) is 6.97. The number of halogens is 1. The van der Waals surface area contributed by atoms with Crippen molar-refractivity contribution in [1.29, 1.82) is 0 Å². The van der Waals surface area contributed by atoms with E-state index in [1.54, 1.807) is 0 Å². The first-order chi connectivity index (χ1) is 9.11. The molecule has 0 saturated carbocycles. The third-order valence-corrected chi connectivity index (χ3v) is 4.50. The number of rotatable bonds is 4. The Morgan fingerprint density at radius 2 is 2.16 bits per heavy atom. The Morgan fingerprint density at radius 1 is 1.37 bits per heavy atom. The summed E-state index contributed by atoms with van der Waals surface area (Å²) in [4.78, 5) is 5.02. The monoisotopic (exact) mass is 325 g/mol. The van der Waals surface area contributed by atoms with E-state index < -0.39 is 0 Å². The molecule has 1 aromatic carbocycles. The van der Waals surface area contributed by atoms with Crippen LogP contribution in [0.15, 0.2) is 22.7 Å². The van der Waals surface area contributed by atoms with E-state index in [-0.39, 0.29) is 0 Å². The lowest BCUT2D eigenvalue weighted by atomic mass is 10.1. The molecule has 0 radical (unpaired) electrons. The van der Waals surface area contributed by atoms with Gasteiger partial charge >= 0.3 is 0 Å². The van der Waals surface area contributed by atoms with Crippen LogP contribution in [0.5, 0.6) is 0 Å². The fraction of sp³-hybridized carbons (Fsp3) is 0.600. The maximum Gasteiger partial charge on any atom is 0.0397 e. The molecule has 19 heavy (non-hydrogen) atoms. The van der Waals surface area contributed by atoms with Gasteiger partial charge in [-0.05, 0) is 57.7 Å². The van der Waals surface area contributed by atoms with E-state index in [1.807, 2.05) is 7.05 Å². The number of nitrogens with zero attached hydrogens (tertiary/aromatic N) is 2. The summed E-state index contributed by atoms with van der Waals surface area (Å²) in [6, 6.07) is 7.23. The van der Waals surface area contributed by atoms with E-state index in [0.29, 0.717) is 6.04 Å². The van der Waals surface area contributed by atoms with Crippen molar-refractivity contribution in [3.8, 4) is 0 Å². The smallest absolute Gasteiger partial charge is 0.0397 e. The molecule has 3 nitrogen and oxygen atoms in total. The van der Waals surface area contributed by atoms with Gasteiger partial charge in [-0.25, -0.2) is 0 Å². The van der Waals surface area contributed by atoms with Crippen LogP contribution < -0.4 is 10.2 Å². The summed E-state index contributed by atoms with van der Waals surface area (Å²) in [7, 11) is 4.27. The Hall–Kier alpha value is -0.580. The Morgan fingerprint density at radius 3 is 2.84 bits per heavy atom. The predicted octanol–water partition coefficient (Wildman–Crippen LogP) is 2.49. The van der Waals surface area contributed by atoms with Crippen molar-refractivity contribution in [2.45, 2.75) is 19.4 Å². The molecule has 0 aromatic heterocycles. The highest BCUT2D eigenvalue weighted by molar-refractivity contribution is 9.10. The molecular weight excluding hydrogens is 302 g/mol. The molecule has 1 heterocycles. The van der Waals surface area contributed by atoms with Crippen molar-refractivity contribution >= 4 is 21.6 Å². The molecule has 106 valence electrons. The first-order valence-corrected chi connectivity index (χ1v) is 7.77. The molecule has 1 saturated heterocycles. The van der Waals surface area contributed by atoms with Crippen LogP contribution in [0.2, 0.25) is 0 Å². The van der Waals surface area contributed by atoms with Gasteiger partial charge in [0.2, 0.25) is 0 Å². The Bertz CT molecular complexity index is 422. The van der Waals surface area contributed by atoms with Gasteiger partial charge in [0.15, 0.2) is 0 Å². The normalized spacial score (nSPS) is 20.8. The van der Waals surface area contributed by atoms with Crippen LogP contribution in [-0.2, 0) is 0 Å². The second-order valence-electron chi connectivity index (χ2n) is 5.40. The molecule has 2 rings (SSSR count). The van der Waals surface area contributed by atoms with Crippen LogP contribution in [0.25, 0.3) is 0 Å². The summed E-state index contributed by atoms with van der Waals surface area (Å²) in [6.07, 6.45) is 1.21. The third-order valence-electron chi connectivity index (χ3n) is 4.00. The number of aryl methyl sites for hydroxylation is 1. The lowest BCUT2D eigenvalue weighted by Crippen LogP contribution is -2.52. The van der Waals surface area contributed by atoms with Crippen LogP contribution in [0.1, 0.15) is 12.0 Å². The van der Waals surface area contributed by atoms with E-state index in [2.05, 4.69) is 63.2 Å². The maximum absolute atomic E-state index is 3.54. The maximum atomic E-state index is 3.54. The minimum atomic E-state index is 0.643. The topological polar surface area (TPSA) is 18.5 Å². The van der Waals surface area contributed by atoms with Crippen molar-refractivity contribution < 1.29 is 0 Å². The molecule has 0 aliphatic carbocycles. The highest BCUT2D eigenvalue weighted by Crippen LogP contribution is 2.26. The van der Waals surface area contributed by atoms with Gasteiger partial charge in [0.1, 0.15) is 0 Å². The zero-order chi connectivity index (χ0) is 13.8. The molecular formula is C15H24BrN3. The summed E-state index contributed by atoms with van der Waals surface area (Å²) in [5.74, 6) is 0. The number of nitrogens with one attached hydrogen (secondary N) is 1. The van der Waals surface area contributed by atoms with Crippen molar-refractivity contribution in [3.05, 3.63) is 28.2 Å². The molecule has 1 aromatic rings. The quantitative estimate of drug-likeness (QED) is 0.917. The Kier molecular flexibility index (Phi) is 5.25. The SMILES string of the molecule is CNCCC1CN(c2ccc(Br)cc2C)CCN1C. The highest BCUT2D eigenvalue weighted by Gasteiger charge is 2.24. The molecule has 0 spiro atoms. The molecule has 1 aliphatic heterocycles. The van der Waals surface area contributed by atoms with Gasteiger partial charge in [0.25, 0.3) is 0 Å². The molecule has 1 unspecified atom stereocenters. The van der Waals surface area contributed by atoms with Crippen LogP contribution in [-0.4, -0.2) is 51.2 Å². The molecule has 1 N–H and O–H groups in total. The molecule has 4 heteroatoms. The van der Waals surface area contributed by atoms with Gasteiger partial charge in [-0.1, -0.05) is 15.9 Å². The second-order valence-corrected chi connectivity index (χ2v) is 6.32. The Balaban J connectivity index is 2.08. The fourth-order valence-corrected chi connectivity index (χ4v) is 3.24. The number of hydrogen-bond acceptors (Lipinski definition) is 3. The number of piperazine rings is 1. The van der Waals surface area contributed by atoms with Gasteiger partial charge in [0, 0.05) is 35.8 Å². The fourth-order valence-electron chi connectivity index (χ4n) is 2.76. The van der Waals surface area contributed by atoms with E-state index in [0.717, 1.165) is 30.7 Å². The van der Waals surface area contributed by atoms with E-state index in [4.69, 9.17) is 0 Å². The van der Waals surface area contributed by atoms with E-state index in [9.17, 15) is 0 Å². The summed E-state index contributed by atoms with van der Waals surface area (Å²) >= 11 is 3.54. The van der Waals surface area contributed by atoms with Gasteiger partial charge in [-0.15, -0.1) is 0 Å². The molecule has 1 aliphatic rings. The van der Waals surface area contributed by atoms with Gasteiger partial charge < -0.3 is 10.2 Å². The lowest BCUT2D eigenvalue weighted by Gasteiger charge is -2.41. The van der Waals surface area contributed by atoms with Gasteiger partial charge in [-0.3, -0.25) is 4.90 Å². The van der Waals surface area contributed by atoms with Gasteiger partial charge in [-0.2, -0.15) is 0 Å². The third kappa shape index (κ3) is 3.71. The largest absolute Gasteiger partial charge is 0.368 e. The van der Waals surface area contributed by atoms with Gasteiger partial charge in [0.05, 0.1) is 0 Å². The predicted molar refractivity (Wildman–Crippen MR) is 86.1 cm³/mol. The van der Waals surface area contributed by atoms with Crippen LogP contribution >= 0.6 is 15.9 Å². The van der Waals surface area contributed by atoms with Crippen LogP contribution in [0, 0.1) is 6.92 Å². The zero-order valence-corrected chi connectivity index (χ0v) is 13.7. The lowest BCUT2D eigenvalue weighted by molar-refractivity contribution is 0.208. The average molecular weight is 326 g/mol. The first kappa shape index (κ1) is 14.8. The number of anilines is 1. The molecule has 1 fully saturated rings. The van der Waals surface area contributed by atoms with Crippen molar-refractivity contribution in [3.63, 3.8) is 0 Å². The summed E-state index contributed by atoms with van der Waals surface area (Å²) < 4.78 is 1.16. The van der Waals surface area contributed by atoms with Crippen molar-refractivity contribution in [1.82, 2.24) is 10.2 Å². The zero-order valence-electron chi connectivity index (χ0n) is 12.1. The molecule has 0 amide bonds. The van der Waals surface area contributed by atoms with E-state index in [1.165, 1.54) is 17.7 Å². The standard InChI is InChI=1S/C15H24BrN3/c1-12-10-13(16)4-5-15(12)19-9-8-18(3)14(11-19)6-7-17-2/h4-5,10,14,17H,6-9,11H2,1-3H3. The molecule has 1 atom stereocenters. The minimum Gasteiger partial charge on any atom is -0.368 e. The minimum absolute atomic E-state index is 0.643. The molecule has 0 bridgehead atoms. The summed E-state index contributed by atoms with van der Waals surface area (Å²) in [5, 5.41) is 3.26.